The molecular weight excluding hydrogens is 583 g/mol. The number of rotatable bonds is 4. The van der Waals surface area contributed by atoms with Crippen molar-refractivity contribution in [3.63, 3.8) is 0 Å². The quantitative estimate of drug-likeness (QED) is 0.199. The van der Waals surface area contributed by atoms with Crippen LogP contribution in [0.4, 0.5) is 17.1 Å². The van der Waals surface area contributed by atoms with Crippen LogP contribution in [0.15, 0.2) is 160 Å². The van der Waals surface area contributed by atoms with E-state index in [1.54, 1.807) is 0 Å². The Morgan fingerprint density at radius 1 is 0.435 bits per heavy atom. The lowest BCUT2D eigenvalue weighted by Crippen LogP contribution is -2.10. The number of anilines is 3. The Balaban J connectivity index is 1.28. The van der Waals surface area contributed by atoms with Crippen LogP contribution in [0.3, 0.4) is 0 Å². The van der Waals surface area contributed by atoms with Crippen LogP contribution in [0.5, 0.6) is 0 Å². The maximum absolute atomic E-state index is 6.94. The average Bonchev–Trinajstić information content (AvgIpc) is 3.80. The number of benzene rings is 7. The van der Waals surface area contributed by atoms with Gasteiger partial charge in [0.25, 0.3) is 0 Å². The van der Waals surface area contributed by atoms with Crippen molar-refractivity contribution in [2.75, 3.05) is 4.90 Å². The monoisotopic (exact) mass is 607 g/mol. The minimum Gasteiger partial charge on any atom is -0.456 e. The smallest absolute Gasteiger partial charge is 0.159 e. The first-order valence-corrected chi connectivity index (χ1v) is 16.2. The van der Waals surface area contributed by atoms with Gasteiger partial charge in [0.2, 0.25) is 0 Å². The molecule has 0 spiro atoms. The molecule has 0 N–H and O–H groups in total. The highest BCUT2D eigenvalue weighted by Gasteiger charge is 2.24. The summed E-state index contributed by atoms with van der Waals surface area (Å²) in [5.74, 6) is 0. The zero-order chi connectivity index (χ0) is 30.2. The first-order chi connectivity index (χ1) is 22.8. The predicted molar refractivity (Wildman–Crippen MR) is 194 cm³/mol. The number of nitrogens with zero attached hydrogens (tertiary/aromatic N) is 1. The second-order valence-electron chi connectivity index (χ2n) is 11.7. The molecule has 3 heterocycles. The highest BCUT2D eigenvalue weighted by molar-refractivity contribution is 7.26. The van der Waals surface area contributed by atoms with E-state index in [1.807, 2.05) is 29.5 Å². The summed E-state index contributed by atoms with van der Waals surface area (Å²) in [7, 11) is 0. The molecule has 0 amide bonds. The highest BCUT2D eigenvalue weighted by Crippen LogP contribution is 2.48. The van der Waals surface area contributed by atoms with E-state index in [0.717, 1.165) is 72.1 Å². The Bertz CT molecular complexity index is 2770. The third-order valence-electron chi connectivity index (χ3n) is 9.07. The van der Waals surface area contributed by atoms with Crippen LogP contribution < -0.4 is 4.90 Å². The summed E-state index contributed by atoms with van der Waals surface area (Å²) in [4.78, 5) is 2.34. The van der Waals surface area contributed by atoms with E-state index in [0.29, 0.717) is 0 Å². The summed E-state index contributed by atoms with van der Waals surface area (Å²) in [6, 6.07) is 53.4. The van der Waals surface area contributed by atoms with E-state index < -0.39 is 0 Å². The second kappa shape index (κ2) is 9.83. The van der Waals surface area contributed by atoms with Crippen LogP contribution in [0.1, 0.15) is 0 Å². The molecule has 0 fully saturated rings. The third-order valence-corrected chi connectivity index (χ3v) is 10.3. The van der Waals surface area contributed by atoms with E-state index in [1.165, 1.54) is 20.2 Å². The average molecular weight is 608 g/mol. The molecule has 0 aliphatic carbocycles. The zero-order valence-electron chi connectivity index (χ0n) is 24.6. The van der Waals surface area contributed by atoms with Crippen LogP contribution in [0.2, 0.25) is 0 Å². The van der Waals surface area contributed by atoms with Gasteiger partial charge in [0, 0.05) is 48.6 Å². The SMILES string of the molecule is c1ccc(-c2cccc3c2oc2c(N(c4ccc5c(c4)oc4ccccc45)c4cccc5c4sc4ccccc45)cccc23)cc1. The normalized spacial score (nSPS) is 11.9. The molecule has 46 heavy (non-hydrogen) atoms. The van der Waals surface area contributed by atoms with E-state index in [9.17, 15) is 0 Å². The summed E-state index contributed by atoms with van der Waals surface area (Å²) in [6.07, 6.45) is 0. The number of hydrogen-bond acceptors (Lipinski definition) is 4. The maximum atomic E-state index is 6.94. The minimum absolute atomic E-state index is 0.851. The summed E-state index contributed by atoms with van der Waals surface area (Å²) in [5.41, 5.74) is 8.80. The molecule has 10 rings (SSSR count). The lowest BCUT2D eigenvalue weighted by atomic mass is 10.0. The number of hydrogen-bond donors (Lipinski definition) is 0. The van der Waals surface area contributed by atoms with Crippen molar-refractivity contribution in [2.45, 2.75) is 0 Å². The lowest BCUT2D eigenvalue weighted by Gasteiger charge is -2.26. The molecule has 0 aliphatic heterocycles. The van der Waals surface area contributed by atoms with E-state index in [4.69, 9.17) is 8.83 Å². The summed E-state index contributed by atoms with van der Waals surface area (Å²) >= 11 is 1.83. The molecule has 0 saturated carbocycles. The van der Waals surface area contributed by atoms with Gasteiger partial charge in [-0.2, -0.15) is 0 Å². The molecule has 3 aromatic heterocycles. The van der Waals surface area contributed by atoms with Crippen LogP contribution in [-0.2, 0) is 0 Å². The Morgan fingerprint density at radius 3 is 2.00 bits per heavy atom. The topological polar surface area (TPSA) is 29.5 Å². The molecule has 10 aromatic rings. The summed E-state index contributed by atoms with van der Waals surface area (Å²) in [5, 5.41) is 6.93. The van der Waals surface area contributed by atoms with Gasteiger partial charge in [-0.1, -0.05) is 109 Å². The van der Waals surface area contributed by atoms with Gasteiger partial charge in [0.15, 0.2) is 5.58 Å². The van der Waals surface area contributed by atoms with Gasteiger partial charge < -0.3 is 13.7 Å². The predicted octanol–water partition coefficient (Wildman–Crippen LogP) is 13.0. The van der Waals surface area contributed by atoms with E-state index >= 15 is 0 Å². The van der Waals surface area contributed by atoms with Crippen molar-refractivity contribution in [1.82, 2.24) is 0 Å². The van der Waals surface area contributed by atoms with Gasteiger partial charge in [-0.05, 0) is 42.0 Å². The van der Waals surface area contributed by atoms with Gasteiger partial charge in [-0.3, -0.25) is 0 Å². The molecule has 0 atom stereocenters. The molecule has 3 nitrogen and oxygen atoms in total. The maximum Gasteiger partial charge on any atom is 0.159 e. The molecular formula is C42H25NO2S. The summed E-state index contributed by atoms with van der Waals surface area (Å²) < 4.78 is 15.8. The Morgan fingerprint density at radius 2 is 1.11 bits per heavy atom. The molecule has 216 valence electrons. The van der Waals surface area contributed by atoms with Gasteiger partial charge in [0.1, 0.15) is 16.7 Å². The van der Waals surface area contributed by atoms with E-state index in [2.05, 4.69) is 138 Å². The standard InChI is InChI=1S/C42H25NO2S/c1-2-11-26(12-3-1)28-15-8-16-32-33-17-9-19-35(41(33)45-40(28)32)43(27-23-24-30-29-13-4-6-21-37(29)44-38(30)25-27)36-20-10-18-34-31-14-5-7-22-39(31)46-42(34)36/h1-25H. The zero-order valence-corrected chi connectivity index (χ0v) is 25.4. The van der Waals surface area contributed by atoms with Crippen molar-refractivity contribution >= 4 is 92.4 Å². The number of para-hydroxylation sites is 3. The van der Waals surface area contributed by atoms with Gasteiger partial charge in [-0.25, -0.2) is 0 Å². The Labute approximate surface area is 268 Å². The van der Waals surface area contributed by atoms with Gasteiger partial charge in [-0.15, -0.1) is 11.3 Å². The fourth-order valence-corrected chi connectivity index (χ4v) is 8.20. The van der Waals surface area contributed by atoms with Crippen molar-refractivity contribution in [3.05, 3.63) is 152 Å². The van der Waals surface area contributed by atoms with Crippen LogP contribution in [-0.4, -0.2) is 0 Å². The Kier molecular flexibility index (Phi) is 5.45. The van der Waals surface area contributed by atoms with Crippen LogP contribution in [0.25, 0.3) is 75.2 Å². The number of furan rings is 2. The first kappa shape index (κ1) is 25.5. The fourth-order valence-electron chi connectivity index (χ4n) is 7.00. The largest absolute Gasteiger partial charge is 0.456 e. The van der Waals surface area contributed by atoms with Crippen molar-refractivity contribution in [3.8, 4) is 11.1 Å². The first-order valence-electron chi connectivity index (χ1n) is 15.4. The Hall–Kier alpha value is -5.84. The van der Waals surface area contributed by atoms with Crippen LogP contribution in [0, 0.1) is 0 Å². The number of fused-ring (bicyclic) bond motifs is 9. The van der Waals surface area contributed by atoms with Gasteiger partial charge >= 0.3 is 0 Å². The minimum atomic E-state index is 0.851. The molecule has 7 aromatic carbocycles. The molecule has 0 radical (unpaired) electrons. The fraction of sp³-hybridized carbons (Fsp3) is 0. The molecule has 4 heteroatoms. The number of thiophene rings is 1. The van der Waals surface area contributed by atoms with Crippen molar-refractivity contribution < 1.29 is 8.83 Å². The molecule has 0 saturated heterocycles. The highest BCUT2D eigenvalue weighted by atomic mass is 32.1. The van der Waals surface area contributed by atoms with E-state index in [-0.39, 0.29) is 0 Å². The summed E-state index contributed by atoms with van der Waals surface area (Å²) in [6.45, 7) is 0. The van der Waals surface area contributed by atoms with Crippen LogP contribution >= 0.6 is 11.3 Å². The molecule has 0 aliphatic rings. The molecule has 0 bridgehead atoms. The van der Waals surface area contributed by atoms with Crippen molar-refractivity contribution in [2.24, 2.45) is 0 Å². The third kappa shape index (κ3) is 3.71. The van der Waals surface area contributed by atoms with Crippen molar-refractivity contribution in [1.29, 1.82) is 0 Å². The lowest BCUT2D eigenvalue weighted by molar-refractivity contribution is 0.668. The second-order valence-corrected chi connectivity index (χ2v) is 12.7. The van der Waals surface area contributed by atoms with Gasteiger partial charge in [0.05, 0.1) is 21.8 Å². The molecule has 0 unspecified atom stereocenters.